The molecule has 4 heteroatoms. The summed E-state index contributed by atoms with van der Waals surface area (Å²) in [5.41, 5.74) is 0. The summed E-state index contributed by atoms with van der Waals surface area (Å²) in [6.07, 6.45) is 3.36. The van der Waals surface area contributed by atoms with Crippen LogP contribution < -0.4 is 5.32 Å². The number of hydrogen-bond donors (Lipinski definition) is 2. The van der Waals surface area contributed by atoms with Crippen molar-refractivity contribution in [3.63, 3.8) is 0 Å². The minimum absolute atomic E-state index is 0.676. The van der Waals surface area contributed by atoms with Gasteiger partial charge < -0.3 is 9.73 Å². The number of aromatic nitrogens is 2. The summed E-state index contributed by atoms with van der Waals surface area (Å²) < 4.78 is 5.13. The van der Waals surface area contributed by atoms with Gasteiger partial charge in [-0.05, 0) is 18.2 Å². The van der Waals surface area contributed by atoms with E-state index in [9.17, 15) is 0 Å². The highest BCUT2D eigenvalue weighted by atomic mass is 16.3. The molecule has 2 heterocycles. The fourth-order valence-electron chi connectivity index (χ4n) is 0.950. The van der Waals surface area contributed by atoms with Gasteiger partial charge in [-0.25, -0.2) is 0 Å². The third-order valence-electron chi connectivity index (χ3n) is 1.53. The number of nitrogens with one attached hydrogen (secondary N) is 2. The first-order valence-electron chi connectivity index (χ1n) is 3.71. The SMILES string of the molecule is c1coc(CNc2ccn[nH]2)c1. The molecule has 0 saturated carbocycles. The van der Waals surface area contributed by atoms with Crippen LogP contribution in [0.15, 0.2) is 35.1 Å². The Morgan fingerprint density at radius 2 is 2.50 bits per heavy atom. The first-order chi connectivity index (χ1) is 5.95. The van der Waals surface area contributed by atoms with Crippen molar-refractivity contribution in [3.8, 4) is 0 Å². The summed E-state index contributed by atoms with van der Waals surface area (Å²) in [6, 6.07) is 5.65. The van der Waals surface area contributed by atoms with E-state index in [-0.39, 0.29) is 0 Å². The van der Waals surface area contributed by atoms with Gasteiger partial charge in [-0.15, -0.1) is 0 Å². The summed E-state index contributed by atoms with van der Waals surface area (Å²) in [5.74, 6) is 1.80. The number of aromatic amines is 1. The van der Waals surface area contributed by atoms with Crippen LogP contribution in [-0.4, -0.2) is 10.2 Å². The molecule has 2 rings (SSSR count). The van der Waals surface area contributed by atoms with Crippen LogP contribution in [0.3, 0.4) is 0 Å². The van der Waals surface area contributed by atoms with Crippen molar-refractivity contribution in [2.45, 2.75) is 6.54 Å². The van der Waals surface area contributed by atoms with E-state index < -0.39 is 0 Å². The average Bonchev–Trinajstić information content (AvgIpc) is 2.74. The zero-order valence-corrected chi connectivity index (χ0v) is 6.45. The van der Waals surface area contributed by atoms with Gasteiger partial charge in [-0.3, -0.25) is 5.10 Å². The summed E-state index contributed by atoms with van der Waals surface area (Å²) in [6.45, 7) is 0.676. The second kappa shape index (κ2) is 3.13. The molecule has 4 nitrogen and oxygen atoms in total. The number of hydrogen-bond acceptors (Lipinski definition) is 3. The maximum absolute atomic E-state index is 5.13. The largest absolute Gasteiger partial charge is 0.467 e. The third kappa shape index (κ3) is 1.47. The zero-order chi connectivity index (χ0) is 8.23. The van der Waals surface area contributed by atoms with E-state index in [0.29, 0.717) is 6.54 Å². The monoisotopic (exact) mass is 163 g/mol. The van der Waals surface area contributed by atoms with Crippen LogP contribution in [-0.2, 0) is 6.54 Å². The van der Waals surface area contributed by atoms with E-state index in [1.165, 1.54) is 0 Å². The molecule has 0 fully saturated rings. The Balaban J connectivity index is 1.91. The highest BCUT2D eigenvalue weighted by molar-refractivity contribution is 5.31. The second-order valence-corrected chi connectivity index (χ2v) is 2.40. The molecule has 0 atom stereocenters. The van der Waals surface area contributed by atoms with Crippen LogP contribution in [0.1, 0.15) is 5.76 Å². The molecule has 0 saturated heterocycles. The van der Waals surface area contributed by atoms with E-state index in [1.807, 2.05) is 18.2 Å². The molecule has 0 aliphatic rings. The normalized spacial score (nSPS) is 10.0. The lowest BCUT2D eigenvalue weighted by Crippen LogP contribution is -1.97. The van der Waals surface area contributed by atoms with Crippen LogP contribution >= 0.6 is 0 Å². The highest BCUT2D eigenvalue weighted by Crippen LogP contribution is 2.04. The minimum Gasteiger partial charge on any atom is -0.467 e. The van der Waals surface area contributed by atoms with Crippen LogP contribution in [0, 0.1) is 0 Å². The fourth-order valence-corrected chi connectivity index (χ4v) is 0.950. The van der Waals surface area contributed by atoms with Gasteiger partial charge in [0.1, 0.15) is 11.6 Å². The van der Waals surface area contributed by atoms with Gasteiger partial charge in [-0.2, -0.15) is 5.10 Å². The minimum atomic E-state index is 0.676. The Labute approximate surface area is 69.6 Å². The quantitative estimate of drug-likeness (QED) is 0.722. The molecule has 0 bridgehead atoms. The third-order valence-corrected chi connectivity index (χ3v) is 1.53. The van der Waals surface area contributed by atoms with Crippen molar-refractivity contribution in [1.82, 2.24) is 10.2 Å². The Morgan fingerprint density at radius 1 is 1.50 bits per heavy atom. The smallest absolute Gasteiger partial charge is 0.122 e. The lowest BCUT2D eigenvalue weighted by atomic mass is 10.4. The number of H-pyrrole nitrogens is 1. The molecule has 0 amide bonds. The Hall–Kier alpha value is -1.71. The number of furan rings is 1. The van der Waals surface area contributed by atoms with E-state index in [4.69, 9.17) is 4.42 Å². The molecule has 2 aromatic rings. The molecule has 0 spiro atoms. The molecular formula is C8H9N3O. The molecule has 2 aromatic heterocycles. The standard InChI is InChI=1S/C8H9N3O/c1-2-7(12-5-1)6-9-8-3-4-10-11-8/h1-5H,6H2,(H2,9,10,11). The Morgan fingerprint density at radius 3 is 3.17 bits per heavy atom. The molecule has 0 unspecified atom stereocenters. The van der Waals surface area contributed by atoms with E-state index in [0.717, 1.165) is 11.6 Å². The van der Waals surface area contributed by atoms with Gasteiger partial charge in [0, 0.05) is 0 Å². The van der Waals surface area contributed by atoms with Gasteiger partial charge in [0.25, 0.3) is 0 Å². The predicted octanol–water partition coefficient (Wildman–Crippen LogP) is 1.61. The first-order valence-corrected chi connectivity index (χ1v) is 3.71. The van der Waals surface area contributed by atoms with Crippen LogP contribution in [0.4, 0.5) is 5.82 Å². The van der Waals surface area contributed by atoms with E-state index in [1.54, 1.807) is 12.5 Å². The molecule has 0 aliphatic heterocycles. The molecule has 12 heavy (non-hydrogen) atoms. The number of anilines is 1. The summed E-state index contributed by atoms with van der Waals surface area (Å²) in [5, 5.41) is 9.72. The van der Waals surface area contributed by atoms with Crippen molar-refractivity contribution in [3.05, 3.63) is 36.4 Å². The van der Waals surface area contributed by atoms with Gasteiger partial charge in [0.15, 0.2) is 0 Å². The highest BCUT2D eigenvalue weighted by Gasteiger charge is 1.95. The summed E-state index contributed by atoms with van der Waals surface area (Å²) >= 11 is 0. The fraction of sp³-hybridized carbons (Fsp3) is 0.125. The topological polar surface area (TPSA) is 53.9 Å². The van der Waals surface area contributed by atoms with Gasteiger partial charge in [0.05, 0.1) is 19.0 Å². The maximum Gasteiger partial charge on any atom is 0.122 e. The molecule has 0 aromatic carbocycles. The van der Waals surface area contributed by atoms with Crippen molar-refractivity contribution in [2.75, 3.05) is 5.32 Å². The van der Waals surface area contributed by atoms with Crippen molar-refractivity contribution < 1.29 is 4.42 Å². The molecule has 62 valence electrons. The van der Waals surface area contributed by atoms with E-state index in [2.05, 4.69) is 15.5 Å². The Bertz CT molecular complexity index is 278. The Kier molecular flexibility index (Phi) is 1.82. The average molecular weight is 163 g/mol. The van der Waals surface area contributed by atoms with Crippen LogP contribution in [0.2, 0.25) is 0 Å². The van der Waals surface area contributed by atoms with Crippen LogP contribution in [0.5, 0.6) is 0 Å². The zero-order valence-electron chi connectivity index (χ0n) is 6.45. The molecule has 0 aliphatic carbocycles. The van der Waals surface area contributed by atoms with Gasteiger partial charge in [-0.1, -0.05) is 0 Å². The number of nitrogens with zero attached hydrogens (tertiary/aromatic N) is 1. The van der Waals surface area contributed by atoms with E-state index >= 15 is 0 Å². The summed E-state index contributed by atoms with van der Waals surface area (Å²) in [4.78, 5) is 0. The van der Waals surface area contributed by atoms with Crippen molar-refractivity contribution in [1.29, 1.82) is 0 Å². The first kappa shape index (κ1) is 6.97. The van der Waals surface area contributed by atoms with Crippen molar-refractivity contribution in [2.24, 2.45) is 0 Å². The van der Waals surface area contributed by atoms with Crippen LogP contribution in [0.25, 0.3) is 0 Å². The number of rotatable bonds is 3. The lowest BCUT2D eigenvalue weighted by Gasteiger charge is -1.98. The van der Waals surface area contributed by atoms with Crippen molar-refractivity contribution >= 4 is 5.82 Å². The molecular weight excluding hydrogens is 154 g/mol. The summed E-state index contributed by atoms with van der Waals surface area (Å²) in [7, 11) is 0. The second-order valence-electron chi connectivity index (χ2n) is 2.40. The molecule has 2 N–H and O–H groups in total. The van der Waals surface area contributed by atoms with Gasteiger partial charge >= 0.3 is 0 Å². The van der Waals surface area contributed by atoms with Gasteiger partial charge in [0.2, 0.25) is 0 Å². The maximum atomic E-state index is 5.13. The molecule has 0 radical (unpaired) electrons. The predicted molar refractivity (Wildman–Crippen MR) is 44.6 cm³/mol. The lowest BCUT2D eigenvalue weighted by molar-refractivity contribution is 0.518.